The van der Waals surface area contributed by atoms with Gasteiger partial charge in [-0.15, -0.1) is 0 Å². The molecule has 82 valence electrons. The van der Waals surface area contributed by atoms with Crippen molar-refractivity contribution in [2.24, 2.45) is 0 Å². The van der Waals surface area contributed by atoms with Gasteiger partial charge in [0.1, 0.15) is 18.1 Å². The monoisotopic (exact) mass is 217 g/mol. The van der Waals surface area contributed by atoms with Crippen LogP contribution >= 0.6 is 0 Å². The molecular formula is C12H11NO3. The van der Waals surface area contributed by atoms with Gasteiger partial charge in [-0.3, -0.25) is 4.79 Å². The second-order valence-corrected chi connectivity index (χ2v) is 3.15. The number of rotatable bonds is 5. The lowest BCUT2D eigenvalue weighted by molar-refractivity contribution is -0.105. The van der Waals surface area contributed by atoms with Crippen molar-refractivity contribution < 1.29 is 13.9 Å². The molecule has 4 nitrogen and oxygen atoms in total. The zero-order valence-electron chi connectivity index (χ0n) is 8.55. The van der Waals surface area contributed by atoms with E-state index in [1.54, 1.807) is 30.5 Å². The molecule has 0 aliphatic rings. The lowest BCUT2D eigenvalue weighted by Crippen LogP contribution is -1.95. The first-order valence-electron chi connectivity index (χ1n) is 4.84. The molecule has 2 aromatic rings. The fourth-order valence-corrected chi connectivity index (χ4v) is 1.26. The van der Waals surface area contributed by atoms with Gasteiger partial charge < -0.3 is 14.5 Å². The molecule has 1 aromatic carbocycles. The Labute approximate surface area is 92.8 Å². The van der Waals surface area contributed by atoms with Gasteiger partial charge in [0.05, 0.1) is 6.26 Å². The van der Waals surface area contributed by atoms with Gasteiger partial charge >= 0.3 is 0 Å². The molecule has 0 spiro atoms. The summed E-state index contributed by atoms with van der Waals surface area (Å²) in [7, 11) is 0. The quantitative estimate of drug-likeness (QED) is 0.782. The fourth-order valence-electron chi connectivity index (χ4n) is 1.26. The van der Waals surface area contributed by atoms with Crippen LogP contribution in [0.15, 0.2) is 47.1 Å². The second-order valence-electron chi connectivity index (χ2n) is 3.15. The maximum Gasteiger partial charge on any atom is 0.211 e. The Bertz CT molecular complexity index is 434. The first-order chi connectivity index (χ1) is 7.88. The van der Waals surface area contributed by atoms with Crippen LogP contribution in [0.2, 0.25) is 0 Å². The van der Waals surface area contributed by atoms with Crippen LogP contribution in [0, 0.1) is 0 Å². The molecule has 2 rings (SSSR count). The van der Waals surface area contributed by atoms with Crippen molar-refractivity contribution >= 4 is 12.1 Å². The third-order valence-corrected chi connectivity index (χ3v) is 2.04. The highest BCUT2D eigenvalue weighted by atomic mass is 16.5. The van der Waals surface area contributed by atoms with Gasteiger partial charge in [-0.1, -0.05) is 0 Å². The minimum absolute atomic E-state index is 0.396. The number of carbonyl (C=O) groups excluding carboxylic acids is 1. The number of furan rings is 1. The molecule has 16 heavy (non-hydrogen) atoms. The van der Waals surface area contributed by atoms with Crippen molar-refractivity contribution in [2.75, 3.05) is 5.32 Å². The van der Waals surface area contributed by atoms with Gasteiger partial charge in [0, 0.05) is 5.69 Å². The summed E-state index contributed by atoms with van der Waals surface area (Å²) in [6.07, 6.45) is 2.24. The average molecular weight is 217 g/mol. The third kappa shape index (κ3) is 2.63. The third-order valence-electron chi connectivity index (χ3n) is 2.04. The van der Waals surface area contributed by atoms with Gasteiger partial charge in [0.2, 0.25) is 6.41 Å². The Kier molecular flexibility index (Phi) is 3.23. The Morgan fingerprint density at radius 3 is 2.69 bits per heavy atom. The summed E-state index contributed by atoms with van der Waals surface area (Å²) in [5, 5.41) is 2.55. The first kappa shape index (κ1) is 10.3. The summed E-state index contributed by atoms with van der Waals surface area (Å²) in [6.45, 7) is 0.396. The topological polar surface area (TPSA) is 51.5 Å². The average Bonchev–Trinajstić information content (AvgIpc) is 2.82. The van der Waals surface area contributed by atoms with Crippen molar-refractivity contribution in [3.8, 4) is 5.75 Å². The Morgan fingerprint density at radius 1 is 1.25 bits per heavy atom. The molecule has 0 atom stereocenters. The number of ether oxygens (including phenoxy) is 1. The van der Waals surface area contributed by atoms with Crippen molar-refractivity contribution in [2.45, 2.75) is 6.61 Å². The molecule has 0 aliphatic carbocycles. The van der Waals surface area contributed by atoms with Crippen molar-refractivity contribution in [1.29, 1.82) is 0 Å². The van der Waals surface area contributed by atoms with Crippen molar-refractivity contribution in [3.05, 3.63) is 48.4 Å². The molecular weight excluding hydrogens is 206 g/mol. The predicted molar refractivity (Wildman–Crippen MR) is 59.2 cm³/mol. The molecule has 0 radical (unpaired) electrons. The summed E-state index contributed by atoms with van der Waals surface area (Å²) in [4.78, 5) is 10.2. The maximum atomic E-state index is 10.2. The van der Waals surface area contributed by atoms with Crippen LogP contribution in [0.1, 0.15) is 5.76 Å². The Morgan fingerprint density at radius 2 is 2.06 bits per heavy atom. The van der Waals surface area contributed by atoms with E-state index >= 15 is 0 Å². The SMILES string of the molecule is O=CNc1ccc(OCc2ccco2)cc1. The number of anilines is 1. The van der Waals surface area contributed by atoms with Crippen molar-refractivity contribution in [3.63, 3.8) is 0 Å². The number of hydrogen-bond donors (Lipinski definition) is 1. The van der Waals surface area contributed by atoms with Gasteiger partial charge in [0.15, 0.2) is 0 Å². The molecule has 0 saturated carbocycles. The number of hydrogen-bond acceptors (Lipinski definition) is 3. The molecule has 0 saturated heterocycles. The highest BCUT2D eigenvalue weighted by Gasteiger charge is 1.98. The van der Waals surface area contributed by atoms with Gasteiger partial charge in [0.25, 0.3) is 0 Å². The van der Waals surface area contributed by atoms with Crippen molar-refractivity contribution in [1.82, 2.24) is 0 Å². The number of amides is 1. The van der Waals surface area contributed by atoms with E-state index in [1.165, 1.54) is 0 Å². The van der Waals surface area contributed by atoms with Crippen LogP contribution in [0.3, 0.4) is 0 Å². The summed E-state index contributed by atoms with van der Waals surface area (Å²) in [5.41, 5.74) is 0.736. The summed E-state index contributed by atoms with van der Waals surface area (Å²) < 4.78 is 10.6. The van der Waals surface area contributed by atoms with E-state index in [2.05, 4.69) is 5.32 Å². The lowest BCUT2D eigenvalue weighted by Gasteiger charge is -2.04. The summed E-state index contributed by atoms with van der Waals surface area (Å²) in [5.74, 6) is 1.50. The standard InChI is InChI=1S/C12H11NO3/c14-9-13-10-3-5-11(6-4-10)16-8-12-2-1-7-15-12/h1-7,9H,8H2,(H,13,14). The Balaban J connectivity index is 1.92. The molecule has 0 aliphatic heterocycles. The predicted octanol–water partition coefficient (Wildman–Crippen LogP) is 2.43. The minimum Gasteiger partial charge on any atom is -0.486 e. The highest BCUT2D eigenvalue weighted by Crippen LogP contribution is 2.16. The fraction of sp³-hybridized carbons (Fsp3) is 0.0833. The molecule has 1 heterocycles. The largest absolute Gasteiger partial charge is 0.486 e. The van der Waals surface area contributed by atoms with E-state index < -0.39 is 0 Å². The minimum atomic E-state index is 0.396. The van der Waals surface area contributed by atoms with Crippen LogP contribution in [0.4, 0.5) is 5.69 Å². The molecule has 4 heteroatoms. The van der Waals surface area contributed by atoms with E-state index in [0.717, 1.165) is 17.2 Å². The molecule has 1 amide bonds. The molecule has 0 unspecified atom stereocenters. The van der Waals surface area contributed by atoms with Crippen LogP contribution in [-0.2, 0) is 11.4 Å². The highest BCUT2D eigenvalue weighted by molar-refractivity contribution is 5.71. The lowest BCUT2D eigenvalue weighted by atomic mass is 10.3. The van der Waals surface area contributed by atoms with E-state index in [4.69, 9.17) is 9.15 Å². The maximum absolute atomic E-state index is 10.2. The zero-order valence-corrected chi connectivity index (χ0v) is 8.55. The van der Waals surface area contributed by atoms with E-state index in [0.29, 0.717) is 13.0 Å². The zero-order chi connectivity index (χ0) is 11.2. The smallest absolute Gasteiger partial charge is 0.211 e. The normalized spacial score (nSPS) is 9.75. The number of nitrogens with one attached hydrogen (secondary N) is 1. The molecule has 1 aromatic heterocycles. The summed E-state index contributed by atoms with van der Waals surface area (Å²) >= 11 is 0. The number of carbonyl (C=O) groups is 1. The van der Waals surface area contributed by atoms with Crippen LogP contribution in [-0.4, -0.2) is 6.41 Å². The molecule has 1 N–H and O–H groups in total. The second kappa shape index (κ2) is 5.02. The van der Waals surface area contributed by atoms with Gasteiger partial charge in [-0.25, -0.2) is 0 Å². The van der Waals surface area contributed by atoms with Crippen LogP contribution in [0.5, 0.6) is 5.75 Å². The van der Waals surface area contributed by atoms with E-state index in [9.17, 15) is 4.79 Å². The van der Waals surface area contributed by atoms with E-state index in [1.807, 2.05) is 12.1 Å². The van der Waals surface area contributed by atoms with Crippen LogP contribution in [0.25, 0.3) is 0 Å². The first-order valence-corrected chi connectivity index (χ1v) is 4.84. The van der Waals surface area contributed by atoms with E-state index in [-0.39, 0.29) is 0 Å². The Hall–Kier alpha value is -2.23. The molecule has 0 bridgehead atoms. The molecule has 0 fully saturated rings. The number of benzene rings is 1. The van der Waals surface area contributed by atoms with Gasteiger partial charge in [-0.05, 0) is 36.4 Å². The van der Waals surface area contributed by atoms with Crippen LogP contribution < -0.4 is 10.1 Å². The summed E-state index contributed by atoms with van der Waals surface area (Å²) in [6, 6.07) is 10.8. The van der Waals surface area contributed by atoms with Gasteiger partial charge in [-0.2, -0.15) is 0 Å².